The quantitative estimate of drug-likeness (QED) is 0.677. The summed E-state index contributed by atoms with van der Waals surface area (Å²) < 4.78 is 4.90. The summed E-state index contributed by atoms with van der Waals surface area (Å²) in [6.45, 7) is 0. The summed E-state index contributed by atoms with van der Waals surface area (Å²) in [5.74, 6) is 0.199. The first-order valence-electron chi connectivity index (χ1n) is 3.18. The molecule has 0 aliphatic rings. The van der Waals surface area contributed by atoms with E-state index in [0.717, 1.165) is 0 Å². The van der Waals surface area contributed by atoms with E-state index in [1.165, 1.54) is 0 Å². The Hall–Kier alpha value is -1.51. The molecule has 0 aliphatic heterocycles. The van der Waals surface area contributed by atoms with E-state index >= 15 is 0 Å². The number of nitrogens with two attached hydrogens (primary N) is 1. The minimum atomic E-state index is -0.441. The van der Waals surface area contributed by atoms with Gasteiger partial charge in [0.15, 0.2) is 0 Å². The van der Waals surface area contributed by atoms with Gasteiger partial charge in [-0.25, -0.2) is 0 Å². The molecule has 2 N–H and O–H groups in total. The van der Waals surface area contributed by atoms with Gasteiger partial charge in [0.2, 0.25) is 5.91 Å². The van der Waals surface area contributed by atoms with Gasteiger partial charge in [-0.3, -0.25) is 4.79 Å². The highest BCUT2D eigenvalue weighted by atomic mass is 16.5. The monoisotopic (exact) mass is 150 g/mol. The fourth-order valence-electron chi connectivity index (χ4n) is 0.776. The molecule has 0 spiro atoms. The molecule has 0 saturated carbocycles. The Balaban J connectivity index is 3.01. The van der Waals surface area contributed by atoms with Crippen LogP contribution in [-0.4, -0.2) is 13.0 Å². The molecule has 1 aromatic rings. The molecular formula is C8H9NO2. The first-order chi connectivity index (χ1) is 5.24. The number of rotatable bonds is 2. The van der Waals surface area contributed by atoms with Crippen LogP contribution in [0.15, 0.2) is 24.3 Å². The van der Waals surface area contributed by atoms with Crippen molar-refractivity contribution in [1.29, 1.82) is 0 Å². The number of carbonyl (C=O) groups excluding carboxylic acids is 1. The van der Waals surface area contributed by atoms with Crippen molar-refractivity contribution in [3.8, 4) is 5.75 Å². The van der Waals surface area contributed by atoms with Gasteiger partial charge >= 0.3 is 0 Å². The summed E-state index contributed by atoms with van der Waals surface area (Å²) in [6.07, 6.45) is 0. The van der Waals surface area contributed by atoms with Crippen molar-refractivity contribution >= 4 is 5.91 Å². The molecular weight excluding hydrogens is 141 g/mol. The van der Waals surface area contributed by atoms with Gasteiger partial charge in [0.1, 0.15) is 5.75 Å². The number of methoxy groups -OCH3 is 1. The average Bonchev–Trinajstić information content (AvgIpc) is 2.05. The molecule has 0 aromatic heterocycles. The van der Waals surface area contributed by atoms with Crippen LogP contribution in [0.25, 0.3) is 0 Å². The van der Waals surface area contributed by atoms with Gasteiger partial charge in [0.25, 0.3) is 0 Å². The molecule has 0 heterocycles. The number of carbonyl (C=O) groups is 1. The number of benzene rings is 1. The molecule has 11 heavy (non-hydrogen) atoms. The second kappa shape index (κ2) is 3.05. The van der Waals surface area contributed by atoms with Gasteiger partial charge < -0.3 is 10.5 Å². The normalized spacial score (nSPS) is 9.18. The minimum Gasteiger partial charge on any atom is -0.497 e. The van der Waals surface area contributed by atoms with E-state index in [4.69, 9.17) is 10.5 Å². The Bertz CT molecular complexity index is 271. The number of hydrogen-bond acceptors (Lipinski definition) is 2. The lowest BCUT2D eigenvalue weighted by Crippen LogP contribution is -2.10. The van der Waals surface area contributed by atoms with Crippen LogP contribution < -0.4 is 10.5 Å². The van der Waals surface area contributed by atoms with Crippen LogP contribution in [-0.2, 0) is 0 Å². The summed E-state index contributed by atoms with van der Waals surface area (Å²) in [5.41, 5.74) is 5.51. The second-order valence-corrected chi connectivity index (χ2v) is 2.10. The summed E-state index contributed by atoms with van der Waals surface area (Å²) in [7, 11) is 1.54. The lowest BCUT2D eigenvalue weighted by Gasteiger charge is -1.99. The highest BCUT2D eigenvalue weighted by molar-refractivity contribution is 5.93. The number of hydrogen-bond donors (Lipinski definition) is 1. The van der Waals surface area contributed by atoms with E-state index in [-0.39, 0.29) is 0 Å². The Kier molecular flexibility index (Phi) is 2.11. The fraction of sp³-hybridized carbons (Fsp3) is 0.125. The third-order valence-electron chi connectivity index (χ3n) is 1.35. The largest absolute Gasteiger partial charge is 0.497 e. The van der Waals surface area contributed by atoms with Crippen LogP contribution >= 0.6 is 0 Å². The molecule has 1 amide bonds. The number of primary amides is 1. The van der Waals surface area contributed by atoms with Gasteiger partial charge in [-0.05, 0) is 18.2 Å². The standard InChI is InChI=1S/C8H9NO2/c1-11-7-4-2-3-6(5-7)8(9)10/h2-5H,1H3,(H2,9,10)/i8-1. The molecule has 0 unspecified atom stereocenters. The number of amides is 1. The Morgan fingerprint density at radius 2 is 2.27 bits per heavy atom. The van der Waals surface area contributed by atoms with Gasteiger partial charge in [-0.1, -0.05) is 6.07 Å². The van der Waals surface area contributed by atoms with Crippen LogP contribution in [0.5, 0.6) is 5.75 Å². The van der Waals surface area contributed by atoms with Crippen molar-refractivity contribution in [2.75, 3.05) is 7.11 Å². The van der Waals surface area contributed by atoms with Crippen molar-refractivity contribution < 1.29 is 9.53 Å². The molecule has 0 atom stereocenters. The topological polar surface area (TPSA) is 52.3 Å². The third-order valence-corrected chi connectivity index (χ3v) is 1.35. The maximum atomic E-state index is 10.6. The van der Waals surface area contributed by atoms with Crippen LogP contribution in [0.3, 0.4) is 0 Å². The summed E-state index contributed by atoms with van der Waals surface area (Å²) in [6, 6.07) is 6.72. The molecule has 0 radical (unpaired) electrons. The summed E-state index contributed by atoms with van der Waals surface area (Å²) in [4.78, 5) is 10.6. The fourth-order valence-corrected chi connectivity index (χ4v) is 0.776. The predicted octanol–water partition coefficient (Wildman–Crippen LogP) is 0.794. The summed E-state index contributed by atoms with van der Waals surface area (Å²) >= 11 is 0. The van der Waals surface area contributed by atoms with Gasteiger partial charge in [-0.2, -0.15) is 0 Å². The van der Waals surface area contributed by atoms with E-state index in [1.807, 2.05) is 0 Å². The van der Waals surface area contributed by atoms with Gasteiger partial charge in [0, 0.05) is 5.56 Å². The van der Waals surface area contributed by atoms with Gasteiger partial charge in [0.05, 0.1) is 7.11 Å². The maximum Gasteiger partial charge on any atom is 0.248 e. The number of ether oxygens (including phenoxy) is 1. The zero-order valence-corrected chi connectivity index (χ0v) is 6.20. The molecule has 0 fully saturated rings. The second-order valence-electron chi connectivity index (χ2n) is 2.10. The SMILES string of the molecule is COc1cccc([11C](N)=O)c1. The van der Waals surface area contributed by atoms with E-state index in [9.17, 15) is 4.79 Å². The molecule has 0 saturated heterocycles. The molecule has 0 aliphatic carbocycles. The smallest absolute Gasteiger partial charge is 0.248 e. The lowest BCUT2D eigenvalue weighted by molar-refractivity contribution is 0.1000. The van der Waals surface area contributed by atoms with E-state index in [2.05, 4.69) is 0 Å². The Labute approximate surface area is 64.8 Å². The van der Waals surface area contributed by atoms with E-state index in [1.54, 1.807) is 31.4 Å². The van der Waals surface area contributed by atoms with Crippen molar-refractivity contribution in [3.05, 3.63) is 29.8 Å². The van der Waals surface area contributed by atoms with E-state index in [0.29, 0.717) is 11.3 Å². The van der Waals surface area contributed by atoms with Crippen molar-refractivity contribution in [2.45, 2.75) is 0 Å². The van der Waals surface area contributed by atoms with Crippen LogP contribution in [0.1, 0.15) is 10.4 Å². The van der Waals surface area contributed by atoms with Crippen molar-refractivity contribution in [2.24, 2.45) is 5.73 Å². The first-order valence-corrected chi connectivity index (χ1v) is 3.18. The Morgan fingerprint density at radius 1 is 1.55 bits per heavy atom. The third kappa shape index (κ3) is 1.70. The van der Waals surface area contributed by atoms with Crippen molar-refractivity contribution in [1.82, 2.24) is 0 Å². The Morgan fingerprint density at radius 3 is 2.82 bits per heavy atom. The molecule has 1 aromatic carbocycles. The maximum absolute atomic E-state index is 10.6. The summed E-state index contributed by atoms with van der Waals surface area (Å²) in [5, 5.41) is 0. The molecule has 3 nitrogen and oxygen atoms in total. The average molecular weight is 150 g/mol. The van der Waals surface area contributed by atoms with Crippen molar-refractivity contribution in [3.63, 3.8) is 0 Å². The van der Waals surface area contributed by atoms with Crippen LogP contribution in [0, 0.1) is 0 Å². The highest BCUT2D eigenvalue weighted by Crippen LogP contribution is 2.11. The zero-order valence-electron chi connectivity index (χ0n) is 6.20. The molecule has 1 rings (SSSR count). The van der Waals surface area contributed by atoms with Gasteiger partial charge in [-0.15, -0.1) is 0 Å². The minimum absolute atomic E-state index is 0.441. The highest BCUT2D eigenvalue weighted by Gasteiger charge is 1.99. The molecule has 0 bridgehead atoms. The zero-order chi connectivity index (χ0) is 8.27. The molecule has 3 heteroatoms. The molecule has 58 valence electrons. The lowest BCUT2D eigenvalue weighted by atomic mass is 9.91. The first kappa shape index (κ1) is 7.60. The van der Waals surface area contributed by atoms with E-state index < -0.39 is 5.91 Å². The van der Waals surface area contributed by atoms with Crippen LogP contribution in [0.4, 0.5) is 0 Å². The van der Waals surface area contributed by atoms with Crippen LogP contribution in [0.2, 0.25) is 0 Å². The predicted molar refractivity (Wildman–Crippen MR) is 41.5 cm³/mol.